The van der Waals surface area contributed by atoms with Gasteiger partial charge in [0.2, 0.25) is 0 Å². The van der Waals surface area contributed by atoms with E-state index in [9.17, 15) is 4.39 Å². The van der Waals surface area contributed by atoms with Crippen molar-refractivity contribution < 1.29 is 4.39 Å². The second kappa shape index (κ2) is 6.91. The van der Waals surface area contributed by atoms with Crippen molar-refractivity contribution in [1.82, 2.24) is 14.5 Å². The molecule has 1 aromatic heterocycles. The first-order valence-corrected chi connectivity index (χ1v) is 8.24. The Kier molecular flexibility index (Phi) is 4.71. The second-order valence-electron chi connectivity index (χ2n) is 5.41. The van der Waals surface area contributed by atoms with Crippen molar-refractivity contribution >= 4 is 23.2 Å². The molecular weight excluding hydrogens is 315 g/mol. The number of piperazine rings is 1. The van der Waals surface area contributed by atoms with Crippen LogP contribution in [-0.2, 0) is 6.54 Å². The van der Waals surface area contributed by atoms with E-state index in [1.807, 2.05) is 19.1 Å². The molecule has 23 heavy (non-hydrogen) atoms. The Hall–Kier alpha value is -2.22. The zero-order valence-corrected chi connectivity index (χ0v) is 13.8. The first-order valence-electron chi connectivity index (χ1n) is 7.46. The van der Waals surface area contributed by atoms with Crippen molar-refractivity contribution in [2.24, 2.45) is 10.7 Å². The summed E-state index contributed by atoms with van der Waals surface area (Å²) in [6.45, 7) is 5.71. The van der Waals surface area contributed by atoms with E-state index in [4.69, 9.17) is 5.73 Å². The second-order valence-corrected chi connectivity index (χ2v) is 6.25. The molecule has 2 heterocycles. The third kappa shape index (κ3) is 3.76. The predicted octanol–water partition coefficient (Wildman–Crippen LogP) is 1.62. The molecule has 1 aromatic carbocycles. The minimum absolute atomic E-state index is 0.211. The average molecular weight is 334 g/mol. The van der Waals surface area contributed by atoms with Gasteiger partial charge in [0.15, 0.2) is 5.96 Å². The Morgan fingerprint density at radius 3 is 2.57 bits per heavy atom. The average Bonchev–Trinajstić information content (AvgIpc) is 2.99. The highest BCUT2D eigenvalue weighted by Gasteiger charge is 2.18. The van der Waals surface area contributed by atoms with E-state index in [2.05, 4.69) is 24.4 Å². The fraction of sp³-hybridized carbons (Fsp3) is 0.400. The number of halogens is 1. The molecular formula is C15H19FN6S. The lowest BCUT2D eigenvalue weighted by molar-refractivity contribution is 0.380. The number of aryl methyl sites for hydroxylation is 1. The van der Waals surface area contributed by atoms with Gasteiger partial charge in [-0.2, -0.15) is 0 Å². The van der Waals surface area contributed by atoms with E-state index in [-0.39, 0.29) is 5.82 Å². The van der Waals surface area contributed by atoms with Crippen LogP contribution < -0.4 is 10.6 Å². The summed E-state index contributed by atoms with van der Waals surface area (Å²) in [5.41, 5.74) is 8.04. The number of rotatable bonds is 3. The van der Waals surface area contributed by atoms with Gasteiger partial charge in [-0.25, -0.2) is 9.38 Å². The van der Waals surface area contributed by atoms with Crippen molar-refractivity contribution in [2.75, 3.05) is 31.1 Å². The van der Waals surface area contributed by atoms with Crippen LogP contribution in [0.1, 0.15) is 10.6 Å². The Bertz CT molecular complexity index is 676. The minimum Gasteiger partial charge on any atom is -0.370 e. The third-order valence-corrected chi connectivity index (χ3v) is 4.73. The third-order valence-electron chi connectivity index (χ3n) is 3.93. The molecule has 8 heteroatoms. The zero-order valence-electron chi connectivity index (χ0n) is 12.9. The highest BCUT2D eigenvalue weighted by atomic mass is 32.1. The van der Waals surface area contributed by atoms with E-state index in [0.29, 0.717) is 12.5 Å². The van der Waals surface area contributed by atoms with Crippen molar-refractivity contribution in [3.05, 3.63) is 40.7 Å². The molecule has 1 fully saturated rings. The van der Waals surface area contributed by atoms with E-state index < -0.39 is 0 Å². The van der Waals surface area contributed by atoms with Gasteiger partial charge in [0.1, 0.15) is 5.82 Å². The van der Waals surface area contributed by atoms with Gasteiger partial charge in [0.25, 0.3) is 0 Å². The van der Waals surface area contributed by atoms with Gasteiger partial charge in [0.05, 0.1) is 17.1 Å². The fourth-order valence-corrected chi connectivity index (χ4v) is 3.05. The highest BCUT2D eigenvalue weighted by molar-refractivity contribution is 7.05. The van der Waals surface area contributed by atoms with Crippen LogP contribution in [0.15, 0.2) is 29.3 Å². The fourth-order valence-electron chi connectivity index (χ4n) is 2.49. The van der Waals surface area contributed by atoms with Gasteiger partial charge in [-0.3, -0.25) is 0 Å². The molecule has 0 unspecified atom stereocenters. The first kappa shape index (κ1) is 15.7. The number of anilines is 1. The molecule has 0 radical (unpaired) electrons. The van der Waals surface area contributed by atoms with Crippen LogP contribution in [0.25, 0.3) is 0 Å². The molecule has 0 saturated carbocycles. The van der Waals surface area contributed by atoms with Gasteiger partial charge >= 0.3 is 0 Å². The summed E-state index contributed by atoms with van der Waals surface area (Å²) in [6.07, 6.45) is 0. The zero-order chi connectivity index (χ0) is 16.2. The van der Waals surface area contributed by atoms with Gasteiger partial charge in [0, 0.05) is 31.9 Å². The SMILES string of the molecule is Cc1nnsc1CN=C(N)N1CCN(c2ccc(F)cc2)CC1. The molecule has 1 aliphatic rings. The lowest BCUT2D eigenvalue weighted by atomic mass is 10.2. The summed E-state index contributed by atoms with van der Waals surface area (Å²) in [6, 6.07) is 6.59. The number of aliphatic imine (C=N–C) groups is 1. The Balaban J connectivity index is 1.55. The van der Waals surface area contributed by atoms with Crippen LogP contribution in [0, 0.1) is 12.7 Å². The Labute approximate surface area is 138 Å². The quantitative estimate of drug-likeness (QED) is 0.682. The summed E-state index contributed by atoms with van der Waals surface area (Å²) in [4.78, 5) is 9.78. The number of nitrogens with zero attached hydrogens (tertiary/aromatic N) is 5. The molecule has 0 bridgehead atoms. The maximum Gasteiger partial charge on any atom is 0.191 e. The number of hydrogen-bond donors (Lipinski definition) is 1. The largest absolute Gasteiger partial charge is 0.370 e. The number of benzene rings is 1. The van der Waals surface area contributed by atoms with Gasteiger partial charge in [-0.1, -0.05) is 4.49 Å². The lowest BCUT2D eigenvalue weighted by Crippen LogP contribution is -2.51. The summed E-state index contributed by atoms with van der Waals surface area (Å²) in [7, 11) is 0. The van der Waals surface area contributed by atoms with Crippen LogP contribution in [-0.4, -0.2) is 46.6 Å². The van der Waals surface area contributed by atoms with Gasteiger partial charge < -0.3 is 15.5 Å². The molecule has 0 atom stereocenters. The summed E-state index contributed by atoms with van der Waals surface area (Å²) in [5, 5.41) is 3.97. The lowest BCUT2D eigenvalue weighted by Gasteiger charge is -2.36. The summed E-state index contributed by atoms with van der Waals surface area (Å²) < 4.78 is 16.9. The van der Waals surface area contributed by atoms with Crippen molar-refractivity contribution in [3.8, 4) is 0 Å². The first-order chi connectivity index (χ1) is 11.1. The minimum atomic E-state index is -0.211. The van der Waals surface area contributed by atoms with Gasteiger partial charge in [-0.05, 0) is 42.7 Å². The smallest absolute Gasteiger partial charge is 0.191 e. The number of aromatic nitrogens is 2. The molecule has 6 nitrogen and oxygen atoms in total. The van der Waals surface area contributed by atoms with Crippen LogP contribution in [0.5, 0.6) is 0 Å². The van der Waals surface area contributed by atoms with E-state index in [0.717, 1.165) is 42.4 Å². The van der Waals surface area contributed by atoms with Crippen LogP contribution >= 0.6 is 11.5 Å². The maximum atomic E-state index is 13.0. The number of hydrogen-bond acceptors (Lipinski definition) is 5. The molecule has 1 aliphatic heterocycles. The topological polar surface area (TPSA) is 70.6 Å². The van der Waals surface area contributed by atoms with E-state index in [1.54, 1.807) is 0 Å². The molecule has 2 aromatic rings. The van der Waals surface area contributed by atoms with Crippen LogP contribution in [0.4, 0.5) is 10.1 Å². The van der Waals surface area contributed by atoms with E-state index >= 15 is 0 Å². The molecule has 0 aliphatic carbocycles. The van der Waals surface area contributed by atoms with Crippen molar-refractivity contribution in [3.63, 3.8) is 0 Å². The molecule has 0 spiro atoms. The standard InChI is InChI=1S/C15H19FN6S/c1-11-14(23-20-19-11)10-18-15(17)22-8-6-21(7-9-22)13-4-2-12(16)3-5-13/h2-5H,6-10H2,1H3,(H2,17,18). The molecule has 0 amide bonds. The van der Waals surface area contributed by atoms with Gasteiger partial charge in [-0.15, -0.1) is 5.10 Å². The summed E-state index contributed by atoms with van der Waals surface area (Å²) >= 11 is 1.36. The normalized spacial score (nSPS) is 16.0. The monoisotopic (exact) mass is 334 g/mol. The summed E-state index contributed by atoms with van der Waals surface area (Å²) in [5.74, 6) is 0.341. The van der Waals surface area contributed by atoms with Crippen LogP contribution in [0.3, 0.4) is 0 Å². The van der Waals surface area contributed by atoms with Crippen LogP contribution in [0.2, 0.25) is 0 Å². The van der Waals surface area contributed by atoms with Crippen molar-refractivity contribution in [1.29, 1.82) is 0 Å². The van der Waals surface area contributed by atoms with Crippen molar-refractivity contribution in [2.45, 2.75) is 13.5 Å². The molecule has 3 rings (SSSR count). The Morgan fingerprint density at radius 2 is 1.96 bits per heavy atom. The highest BCUT2D eigenvalue weighted by Crippen LogP contribution is 2.17. The molecule has 2 N–H and O–H groups in total. The van der Waals surface area contributed by atoms with E-state index in [1.165, 1.54) is 23.7 Å². The molecule has 122 valence electrons. The maximum absolute atomic E-state index is 13.0. The number of guanidine groups is 1. The number of nitrogens with two attached hydrogens (primary N) is 1. The Morgan fingerprint density at radius 1 is 1.26 bits per heavy atom. The molecule has 1 saturated heterocycles. The predicted molar refractivity (Wildman–Crippen MR) is 90.2 cm³/mol.